The topological polar surface area (TPSA) is 77.0 Å². The highest BCUT2D eigenvalue weighted by molar-refractivity contribution is 5.50. The Morgan fingerprint density at radius 2 is 1.88 bits per heavy atom. The Morgan fingerprint density at radius 3 is 2.65 bits per heavy atom. The monoisotopic (exact) mass is 352 g/mol. The highest BCUT2D eigenvalue weighted by Crippen LogP contribution is 2.41. The van der Waals surface area contributed by atoms with Crippen molar-refractivity contribution >= 4 is 11.6 Å². The molecule has 0 N–H and O–H groups in total. The van der Waals surface area contributed by atoms with Crippen molar-refractivity contribution in [3.8, 4) is 0 Å². The van der Waals surface area contributed by atoms with Gasteiger partial charge in [0.15, 0.2) is 11.5 Å². The normalized spacial score (nSPS) is 17.5. The zero-order valence-electron chi connectivity index (χ0n) is 15.4. The number of aryl methyl sites for hydroxylation is 4. The first-order valence-electron chi connectivity index (χ1n) is 9.55. The first kappa shape index (κ1) is 15.7. The van der Waals surface area contributed by atoms with E-state index in [-0.39, 0.29) is 0 Å². The van der Waals surface area contributed by atoms with Gasteiger partial charge in [0.1, 0.15) is 11.6 Å². The van der Waals surface area contributed by atoms with Crippen LogP contribution in [0.4, 0.5) is 5.95 Å². The number of aromatic nitrogens is 7. The molecule has 8 heteroatoms. The largest absolute Gasteiger partial charge is 0.340 e. The molecule has 0 spiro atoms. The molecule has 3 aromatic heterocycles. The van der Waals surface area contributed by atoms with Crippen LogP contribution in [-0.4, -0.2) is 47.4 Å². The molecule has 0 radical (unpaired) electrons. The number of anilines is 1. The number of fused-ring (bicyclic) bond motifs is 1. The molecule has 1 saturated heterocycles. The molecule has 5 rings (SSSR count). The third-order valence-electron chi connectivity index (χ3n) is 5.43. The molecule has 0 atom stereocenters. The summed E-state index contributed by atoms with van der Waals surface area (Å²) in [6.45, 7) is 4.11. The second-order valence-corrected chi connectivity index (χ2v) is 7.44. The van der Waals surface area contributed by atoms with E-state index in [0.29, 0.717) is 5.92 Å². The van der Waals surface area contributed by atoms with Gasteiger partial charge in [0, 0.05) is 44.7 Å². The zero-order valence-corrected chi connectivity index (χ0v) is 15.4. The maximum absolute atomic E-state index is 4.81. The molecule has 4 heterocycles. The van der Waals surface area contributed by atoms with Crippen molar-refractivity contribution in [2.45, 2.75) is 51.4 Å². The van der Waals surface area contributed by atoms with Gasteiger partial charge in [-0.15, -0.1) is 10.2 Å². The average molecular weight is 352 g/mol. The molecule has 26 heavy (non-hydrogen) atoms. The number of rotatable bonds is 5. The molecule has 136 valence electrons. The molecule has 0 amide bonds. The van der Waals surface area contributed by atoms with Gasteiger partial charge in [-0.1, -0.05) is 0 Å². The summed E-state index contributed by atoms with van der Waals surface area (Å²) in [6.07, 6.45) is 8.47. The molecule has 8 nitrogen and oxygen atoms in total. The fourth-order valence-electron chi connectivity index (χ4n) is 3.73. The van der Waals surface area contributed by atoms with E-state index in [4.69, 9.17) is 9.97 Å². The fraction of sp³-hybridized carbons (Fsp3) is 0.611. The summed E-state index contributed by atoms with van der Waals surface area (Å²) in [5.74, 6) is 4.21. The van der Waals surface area contributed by atoms with Gasteiger partial charge in [-0.25, -0.2) is 9.97 Å². The highest BCUT2D eigenvalue weighted by atomic mass is 15.4. The predicted octanol–water partition coefficient (Wildman–Crippen LogP) is 1.82. The lowest BCUT2D eigenvalue weighted by Crippen LogP contribution is -2.19. The average Bonchev–Trinajstić information content (AvgIpc) is 3.04. The quantitative estimate of drug-likeness (QED) is 0.697. The van der Waals surface area contributed by atoms with Crippen LogP contribution in [0.15, 0.2) is 6.20 Å². The molecular weight excluding hydrogens is 328 g/mol. The van der Waals surface area contributed by atoms with E-state index in [2.05, 4.69) is 20.1 Å². The van der Waals surface area contributed by atoms with Gasteiger partial charge >= 0.3 is 0 Å². The second-order valence-electron chi connectivity index (χ2n) is 7.44. The lowest BCUT2D eigenvalue weighted by Gasteiger charge is -2.10. The summed E-state index contributed by atoms with van der Waals surface area (Å²) in [4.78, 5) is 16.3. The first-order valence-corrected chi connectivity index (χ1v) is 9.55. The van der Waals surface area contributed by atoms with Crippen LogP contribution in [0.1, 0.15) is 54.6 Å². The van der Waals surface area contributed by atoms with Crippen molar-refractivity contribution in [2.75, 3.05) is 18.0 Å². The minimum absolute atomic E-state index is 0.615. The molecule has 0 unspecified atom stereocenters. The van der Waals surface area contributed by atoms with Crippen LogP contribution in [0.3, 0.4) is 0 Å². The Kier molecular flexibility index (Phi) is 3.65. The Morgan fingerprint density at radius 1 is 1.08 bits per heavy atom. The minimum Gasteiger partial charge on any atom is -0.340 e. The summed E-state index contributed by atoms with van der Waals surface area (Å²) < 4.78 is 3.79. The molecule has 0 aromatic carbocycles. The van der Waals surface area contributed by atoms with E-state index in [9.17, 15) is 0 Å². The van der Waals surface area contributed by atoms with Gasteiger partial charge in [-0.3, -0.25) is 4.68 Å². The van der Waals surface area contributed by atoms with Crippen LogP contribution in [0.25, 0.3) is 5.65 Å². The second kappa shape index (κ2) is 6.03. The number of nitrogens with zero attached hydrogens (tertiary/aromatic N) is 8. The van der Waals surface area contributed by atoms with Crippen molar-refractivity contribution in [3.05, 3.63) is 29.2 Å². The molecule has 3 aromatic rings. The van der Waals surface area contributed by atoms with Crippen LogP contribution < -0.4 is 4.90 Å². The smallest absolute Gasteiger partial charge is 0.244 e. The van der Waals surface area contributed by atoms with Gasteiger partial charge in [0.2, 0.25) is 5.95 Å². The third kappa shape index (κ3) is 2.73. The summed E-state index contributed by atoms with van der Waals surface area (Å²) in [6, 6.07) is 0. The van der Waals surface area contributed by atoms with Crippen LogP contribution in [0.5, 0.6) is 0 Å². The number of hydrogen-bond donors (Lipinski definition) is 0. The lowest BCUT2D eigenvalue weighted by atomic mass is 10.2. The summed E-state index contributed by atoms with van der Waals surface area (Å²) in [7, 11) is 1.97. The molecule has 2 fully saturated rings. The predicted molar refractivity (Wildman–Crippen MR) is 97.4 cm³/mol. The summed E-state index contributed by atoms with van der Waals surface area (Å²) in [5, 5.41) is 9.27. The van der Waals surface area contributed by atoms with Gasteiger partial charge in [-0.05, 0) is 38.5 Å². The SMILES string of the molecule is Cc1ncc(C2CC2)c2nc(CCc3nc(N4CCCC4)nn3C)nn12. The Labute approximate surface area is 152 Å². The van der Waals surface area contributed by atoms with Crippen molar-refractivity contribution in [3.63, 3.8) is 0 Å². The first-order chi connectivity index (χ1) is 12.7. The zero-order chi connectivity index (χ0) is 17.7. The Bertz CT molecular complexity index is 946. The van der Waals surface area contributed by atoms with Crippen molar-refractivity contribution in [2.24, 2.45) is 7.05 Å². The van der Waals surface area contributed by atoms with Gasteiger partial charge in [0.25, 0.3) is 0 Å². The standard InChI is InChI=1S/C18H24N8/c1-12-19-11-14(13-5-6-13)17-20-15(22-26(12)17)7-8-16-21-18(23-24(16)2)25-9-3-4-10-25/h11,13H,3-10H2,1-2H3. The van der Waals surface area contributed by atoms with E-state index in [1.54, 1.807) is 0 Å². The lowest BCUT2D eigenvalue weighted by molar-refractivity contribution is 0.680. The van der Waals surface area contributed by atoms with E-state index < -0.39 is 0 Å². The minimum atomic E-state index is 0.615. The van der Waals surface area contributed by atoms with Crippen molar-refractivity contribution < 1.29 is 0 Å². The third-order valence-corrected chi connectivity index (χ3v) is 5.43. The molecule has 1 saturated carbocycles. The van der Waals surface area contributed by atoms with Crippen LogP contribution in [0.2, 0.25) is 0 Å². The van der Waals surface area contributed by atoms with Gasteiger partial charge in [0.05, 0.1) is 0 Å². The number of hydrogen-bond acceptors (Lipinski definition) is 6. The molecule has 1 aliphatic heterocycles. The van der Waals surface area contributed by atoms with Crippen LogP contribution >= 0.6 is 0 Å². The molecule has 2 aliphatic rings. The summed E-state index contributed by atoms with van der Waals surface area (Å²) >= 11 is 0. The Hall–Kier alpha value is -2.51. The van der Waals surface area contributed by atoms with Crippen LogP contribution in [0, 0.1) is 6.92 Å². The van der Waals surface area contributed by atoms with Crippen molar-refractivity contribution in [1.82, 2.24) is 34.3 Å². The maximum Gasteiger partial charge on any atom is 0.244 e. The van der Waals surface area contributed by atoms with E-state index in [1.807, 2.05) is 29.4 Å². The van der Waals surface area contributed by atoms with E-state index in [1.165, 1.54) is 31.2 Å². The summed E-state index contributed by atoms with van der Waals surface area (Å²) in [5.41, 5.74) is 2.22. The Balaban J connectivity index is 1.37. The van der Waals surface area contributed by atoms with E-state index in [0.717, 1.165) is 55.0 Å². The van der Waals surface area contributed by atoms with Gasteiger partial charge in [-0.2, -0.15) is 9.50 Å². The molecule has 0 bridgehead atoms. The van der Waals surface area contributed by atoms with E-state index >= 15 is 0 Å². The molecular formula is C18H24N8. The van der Waals surface area contributed by atoms with Crippen LogP contribution in [-0.2, 0) is 19.9 Å². The highest BCUT2D eigenvalue weighted by Gasteiger charge is 2.28. The van der Waals surface area contributed by atoms with Crippen molar-refractivity contribution in [1.29, 1.82) is 0 Å². The fourth-order valence-corrected chi connectivity index (χ4v) is 3.73. The van der Waals surface area contributed by atoms with Gasteiger partial charge < -0.3 is 4.90 Å². The molecule has 1 aliphatic carbocycles. The maximum atomic E-state index is 4.81.